The molecule has 1 atom stereocenters. The van der Waals surface area contributed by atoms with Crippen LogP contribution in [0.2, 0.25) is 0 Å². The van der Waals surface area contributed by atoms with E-state index in [0.717, 1.165) is 12.6 Å². The molecule has 1 aromatic heterocycles. The number of fused-ring (bicyclic) bond motifs is 1. The molecule has 0 aliphatic carbocycles. The molecule has 0 spiro atoms. The number of rotatable bonds is 2. The van der Waals surface area contributed by atoms with Crippen LogP contribution in [0.15, 0.2) is 12.4 Å². The quantitative estimate of drug-likeness (QED) is 0.779. The molecule has 0 aromatic carbocycles. The van der Waals surface area contributed by atoms with Gasteiger partial charge in [-0.15, -0.1) is 0 Å². The molecule has 2 aliphatic heterocycles. The minimum atomic E-state index is 0.455. The fourth-order valence-electron chi connectivity index (χ4n) is 3.00. The first kappa shape index (κ1) is 11.1. The molecule has 4 nitrogen and oxygen atoms in total. The number of nitrogens with zero attached hydrogens (tertiary/aromatic N) is 4. The molecule has 0 bridgehead atoms. The molecule has 17 heavy (non-hydrogen) atoms. The molecule has 1 unspecified atom stereocenters. The van der Waals surface area contributed by atoms with Crippen LogP contribution in [0, 0.1) is 0 Å². The second-order valence-electron chi connectivity index (χ2n) is 5.55. The summed E-state index contributed by atoms with van der Waals surface area (Å²) in [6.45, 7) is 9.21. The van der Waals surface area contributed by atoms with Gasteiger partial charge in [-0.3, -0.25) is 9.58 Å². The summed E-state index contributed by atoms with van der Waals surface area (Å²) in [4.78, 5) is 5.14. The first-order valence-electron chi connectivity index (χ1n) is 6.77. The lowest BCUT2D eigenvalue weighted by molar-refractivity contribution is 0.231. The minimum absolute atomic E-state index is 0.455. The van der Waals surface area contributed by atoms with Gasteiger partial charge in [0.15, 0.2) is 0 Å². The van der Waals surface area contributed by atoms with Crippen molar-refractivity contribution in [3.05, 3.63) is 12.4 Å². The van der Waals surface area contributed by atoms with Crippen LogP contribution in [0.5, 0.6) is 0 Å². The second-order valence-corrected chi connectivity index (χ2v) is 5.55. The Bertz CT molecular complexity index is 385. The van der Waals surface area contributed by atoms with Gasteiger partial charge in [0.05, 0.1) is 11.9 Å². The van der Waals surface area contributed by atoms with E-state index in [2.05, 4.69) is 39.6 Å². The summed E-state index contributed by atoms with van der Waals surface area (Å²) in [5, 5.41) is 4.44. The Balaban J connectivity index is 1.71. The van der Waals surface area contributed by atoms with Crippen molar-refractivity contribution < 1.29 is 0 Å². The highest BCUT2D eigenvalue weighted by Crippen LogP contribution is 2.25. The van der Waals surface area contributed by atoms with E-state index in [4.69, 9.17) is 0 Å². The summed E-state index contributed by atoms with van der Waals surface area (Å²) in [6, 6.07) is 1.24. The fourth-order valence-corrected chi connectivity index (χ4v) is 3.00. The lowest BCUT2D eigenvalue weighted by Gasteiger charge is -2.38. The summed E-state index contributed by atoms with van der Waals surface area (Å²) < 4.78 is 2.05. The predicted molar refractivity (Wildman–Crippen MR) is 69.4 cm³/mol. The Morgan fingerprint density at radius 2 is 2.18 bits per heavy atom. The monoisotopic (exact) mass is 234 g/mol. The molecule has 3 heterocycles. The van der Waals surface area contributed by atoms with E-state index in [1.54, 1.807) is 0 Å². The van der Waals surface area contributed by atoms with E-state index >= 15 is 0 Å². The summed E-state index contributed by atoms with van der Waals surface area (Å²) in [6.07, 6.45) is 6.96. The molecule has 2 aliphatic rings. The van der Waals surface area contributed by atoms with Gasteiger partial charge in [-0.05, 0) is 33.2 Å². The highest BCUT2D eigenvalue weighted by molar-refractivity contribution is 5.43. The Hall–Kier alpha value is -1.03. The van der Waals surface area contributed by atoms with Crippen molar-refractivity contribution in [2.24, 2.45) is 0 Å². The van der Waals surface area contributed by atoms with E-state index in [-0.39, 0.29) is 0 Å². The third-order valence-corrected chi connectivity index (χ3v) is 4.07. The van der Waals surface area contributed by atoms with E-state index in [9.17, 15) is 0 Å². The van der Waals surface area contributed by atoms with Crippen molar-refractivity contribution >= 4 is 5.69 Å². The van der Waals surface area contributed by atoms with Crippen LogP contribution in [0.1, 0.15) is 32.7 Å². The van der Waals surface area contributed by atoms with Gasteiger partial charge in [-0.25, -0.2) is 0 Å². The summed E-state index contributed by atoms with van der Waals surface area (Å²) in [5.41, 5.74) is 1.30. The normalized spacial score (nSPS) is 25.6. The van der Waals surface area contributed by atoms with E-state index in [1.165, 1.54) is 38.2 Å². The smallest absolute Gasteiger partial charge is 0.0753 e. The fraction of sp³-hybridized carbons (Fsp3) is 0.769. The molecule has 0 saturated carbocycles. The largest absolute Gasteiger partial charge is 0.366 e. The van der Waals surface area contributed by atoms with Gasteiger partial charge >= 0.3 is 0 Å². The second kappa shape index (κ2) is 4.33. The molecule has 94 valence electrons. The van der Waals surface area contributed by atoms with Crippen LogP contribution in [0.25, 0.3) is 0 Å². The van der Waals surface area contributed by atoms with Gasteiger partial charge in [-0.2, -0.15) is 5.10 Å². The summed E-state index contributed by atoms with van der Waals surface area (Å²) in [7, 11) is 0. The molecule has 2 fully saturated rings. The van der Waals surface area contributed by atoms with Crippen LogP contribution in [0.4, 0.5) is 5.69 Å². The third kappa shape index (κ3) is 2.06. The maximum absolute atomic E-state index is 4.44. The molecule has 0 N–H and O–H groups in total. The van der Waals surface area contributed by atoms with Crippen molar-refractivity contribution in [2.75, 3.05) is 31.1 Å². The number of aromatic nitrogens is 2. The maximum atomic E-state index is 4.44. The predicted octanol–water partition coefficient (Wildman–Crippen LogP) is 1.75. The molecule has 4 heteroatoms. The SMILES string of the molecule is CC(C)n1cc(N2CCN3CCCC3C2)cn1. The van der Waals surface area contributed by atoms with Gasteiger partial charge in [0.25, 0.3) is 0 Å². The van der Waals surface area contributed by atoms with E-state index in [1.807, 2.05) is 6.20 Å². The van der Waals surface area contributed by atoms with Crippen molar-refractivity contribution in [3.8, 4) is 0 Å². The zero-order valence-electron chi connectivity index (χ0n) is 10.8. The van der Waals surface area contributed by atoms with Crippen molar-refractivity contribution in [1.29, 1.82) is 0 Å². The Morgan fingerprint density at radius 1 is 1.29 bits per heavy atom. The zero-order valence-corrected chi connectivity index (χ0v) is 10.8. The Morgan fingerprint density at radius 3 is 2.94 bits per heavy atom. The lowest BCUT2D eigenvalue weighted by Crippen LogP contribution is -2.50. The van der Waals surface area contributed by atoms with Crippen LogP contribution in [-0.4, -0.2) is 46.9 Å². The van der Waals surface area contributed by atoms with Gasteiger partial charge in [0.2, 0.25) is 0 Å². The van der Waals surface area contributed by atoms with Crippen molar-refractivity contribution in [2.45, 2.75) is 38.8 Å². The van der Waals surface area contributed by atoms with Crippen LogP contribution in [0.3, 0.4) is 0 Å². The molecule has 0 amide bonds. The van der Waals surface area contributed by atoms with Crippen molar-refractivity contribution in [1.82, 2.24) is 14.7 Å². The first-order valence-corrected chi connectivity index (χ1v) is 6.77. The maximum Gasteiger partial charge on any atom is 0.0753 e. The van der Waals surface area contributed by atoms with E-state index < -0.39 is 0 Å². The average molecular weight is 234 g/mol. The molecular weight excluding hydrogens is 212 g/mol. The molecule has 2 saturated heterocycles. The van der Waals surface area contributed by atoms with Crippen LogP contribution < -0.4 is 4.90 Å². The van der Waals surface area contributed by atoms with Crippen LogP contribution >= 0.6 is 0 Å². The standard InChI is InChI=1S/C13H22N4/c1-11(2)17-10-13(8-14-17)16-7-6-15-5-3-4-12(15)9-16/h8,10-12H,3-7,9H2,1-2H3. The number of hydrogen-bond donors (Lipinski definition) is 0. The number of hydrogen-bond acceptors (Lipinski definition) is 3. The third-order valence-electron chi connectivity index (χ3n) is 4.07. The summed E-state index contributed by atoms with van der Waals surface area (Å²) in [5.74, 6) is 0. The number of anilines is 1. The van der Waals surface area contributed by atoms with Gasteiger partial charge in [0, 0.05) is 37.9 Å². The minimum Gasteiger partial charge on any atom is -0.366 e. The lowest BCUT2D eigenvalue weighted by atomic mass is 10.1. The molecule has 3 rings (SSSR count). The number of piperazine rings is 1. The van der Waals surface area contributed by atoms with Crippen LogP contribution in [-0.2, 0) is 0 Å². The van der Waals surface area contributed by atoms with Gasteiger partial charge in [-0.1, -0.05) is 0 Å². The average Bonchev–Trinajstić information content (AvgIpc) is 2.97. The highest BCUT2D eigenvalue weighted by atomic mass is 15.3. The summed E-state index contributed by atoms with van der Waals surface area (Å²) >= 11 is 0. The van der Waals surface area contributed by atoms with Gasteiger partial charge in [0.1, 0.15) is 0 Å². The highest BCUT2D eigenvalue weighted by Gasteiger charge is 2.30. The molecular formula is C13H22N4. The Kier molecular flexibility index (Phi) is 2.82. The molecule has 0 radical (unpaired) electrons. The first-order chi connectivity index (χ1) is 8.24. The van der Waals surface area contributed by atoms with Gasteiger partial charge < -0.3 is 4.90 Å². The van der Waals surface area contributed by atoms with Crippen molar-refractivity contribution in [3.63, 3.8) is 0 Å². The van der Waals surface area contributed by atoms with E-state index in [0.29, 0.717) is 6.04 Å². The topological polar surface area (TPSA) is 24.3 Å². The Labute approximate surface area is 103 Å². The molecule has 1 aromatic rings. The zero-order chi connectivity index (χ0) is 11.8.